The number of amides is 1. The first-order chi connectivity index (χ1) is 8.46. The minimum absolute atomic E-state index is 0.422. The molecule has 2 heterocycles. The molecule has 6 heteroatoms. The van der Waals surface area contributed by atoms with Gasteiger partial charge in [0.05, 0.1) is 5.57 Å². The Balaban J connectivity index is 2.29. The molecular formula is C12H11N3O3. The number of hydrogen-bond acceptors (Lipinski definition) is 5. The molecule has 0 fully saturated rings. The largest absolute Gasteiger partial charge is 0.483 e. The van der Waals surface area contributed by atoms with Gasteiger partial charge in [0, 0.05) is 11.6 Å². The quantitative estimate of drug-likeness (QED) is 0.816. The lowest BCUT2D eigenvalue weighted by molar-refractivity contribution is -0.112. The summed E-state index contributed by atoms with van der Waals surface area (Å²) in [5.74, 6) is 0.0583. The summed E-state index contributed by atoms with van der Waals surface area (Å²) in [6.45, 7) is 3.70. The highest BCUT2D eigenvalue weighted by atomic mass is 16.6. The van der Waals surface area contributed by atoms with Gasteiger partial charge in [-0.3, -0.25) is 4.79 Å². The second-order valence-electron chi connectivity index (χ2n) is 4.73. The van der Waals surface area contributed by atoms with Gasteiger partial charge in [-0.1, -0.05) is 0 Å². The number of benzene rings is 1. The molecule has 0 spiro atoms. The molecule has 1 aliphatic rings. The van der Waals surface area contributed by atoms with Gasteiger partial charge in [0.15, 0.2) is 0 Å². The van der Waals surface area contributed by atoms with Crippen LogP contribution in [-0.2, 0) is 4.79 Å². The molecule has 1 amide bonds. The highest BCUT2D eigenvalue weighted by Crippen LogP contribution is 2.37. The standard InChI is InChI=1S/C12H11N3O3/c1-12(2)5-7(11(13)16)6-3-8-9(15-18-14-8)4-10(6)17-12/h3-5H,1-2H3,(H2,13,16). The highest BCUT2D eigenvalue weighted by Gasteiger charge is 2.29. The Labute approximate surface area is 102 Å². The van der Waals surface area contributed by atoms with Crippen molar-refractivity contribution < 1.29 is 14.2 Å². The normalized spacial score (nSPS) is 16.9. The van der Waals surface area contributed by atoms with Crippen molar-refractivity contribution >= 4 is 22.5 Å². The summed E-state index contributed by atoms with van der Waals surface area (Å²) in [4.78, 5) is 11.5. The summed E-state index contributed by atoms with van der Waals surface area (Å²) in [5, 5.41) is 7.48. The van der Waals surface area contributed by atoms with Crippen LogP contribution in [0, 0.1) is 0 Å². The zero-order chi connectivity index (χ0) is 12.9. The minimum atomic E-state index is -0.595. The maximum Gasteiger partial charge on any atom is 0.249 e. The second kappa shape index (κ2) is 3.32. The molecule has 18 heavy (non-hydrogen) atoms. The number of nitrogens with zero attached hydrogens (tertiary/aromatic N) is 2. The molecule has 2 N–H and O–H groups in total. The van der Waals surface area contributed by atoms with Gasteiger partial charge in [-0.25, -0.2) is 4.63 Å². The molecule has 0 saturated carbocycles. The predicted octanol–water partition coefficient (Wildman–Crippen LogP) is 1.26. The Morgan fingerprint density at radius 1 is 1.28 bits per heavy atom. The van der Waals surface area contributed by atoms with Crippen molar-refractivity contribution in [2.45, 2.75) is 19.4 Å². The first kappa shape index (κ1) is 10.8. The molecule has 0 saturated heterocycles. The van der Waals surface area contributed by atoms with Crippen LogP contribution in [0.15, 0.2) is 22.8 Å². The molecule has 0 aliphatic carbocycles. The number of hydrogen-bond donors (Lipinski definition) is 1. The first-order valence-electron chi connectivity index (χ1n) is 5.45. The van der Waals surface area contributed by atoms with Gasteiger partial charge in [0.2, 0.25) is 5.91 Å². The third-order valence-electron chi connectivity index (χ3n) is 2.78. The van der Waals surface area contributed by atoms with Crippen molar-refractivity contribution in [3.8, 4) is 5.75 Å². The van der Waals surface area contributed by atoms with Gasteiger partial charge in [0.25, 0.3) is 0 Å². The van der Waals surface area contributed by atoms with E-state index in [-0.39, 0.29) is 0 Å². The number of rotatable bonds is 1. The van der Waals surface area contributed by atoms with Crippen LogP contribution in [-0.4, -0.2) is 21.8 Å². The van der Waals surface area contributed by atoms with Gasteiger partial charge in [-0.15, -0.1) is 0 Å². The number of aromatic nitrogens is 2. The van der Waals surface area contributed by atoms with E-state index in [9.17, 15) is 4.79 Å². The van der Waals surface area contributed by atoms with Crippen LogP contribution in [0.2, 0.25) is 0 Å². The van der Waals surface area contributed by atoms with E-state index in [2.05, 4.69) is 14.9 Å². The summed E-state index contributed by atoms with van der Waals surface area (Å²) in [7, 11) is 0. The van der Waals surface area contributed by atoms with Gasteiger partial charge in [-0.2, -0.15) is 0 Å². The maximum atomic E-state index is 11.5. The molecule has 92 valence electrons. The Bertz CT molecular complexity index is 685. The highest BCUT2D eigenvalue weighted by molar-refractivity contribution is 6.20. The van der Waals surface area contributed by atoms with E-state index in [1.807, 2.05) is 13.8 Å². The van der Waals surface area contributed by atoms with Crippen LogP contribution in [0.25, 0.3) is 16.6 Å². The van der Waals surface area contributed by atoms with Crippen LogP contribution in [0.3, 0.4) is 0 Å². The molecule has 1 aromatic carbocycles. The van der Waals surface area contributed by atoms with E-state index in [1.165, 1.54) is 0 Å². The monoisotopic (exact) mass is 245 g/mol. The predicted molar refractivity (Wildman–Crippen MR) is 63.7 cm³/mol. The summed E-state index contributed by atoms with van der Waals surface area (Å²) < 4.78 is 10.4. The third kappa shape index (κ3) is 1.54. The smallest absolute Gasteiger partial charge is 0.249 e. The minimum Gasteiger partial charge on any atom is -0.483 e. The van der Waals surface area contributed by atoms with Crippen molar-refractivity contribution in [2.24, 2.45) is 5.73 Å². The first-order valence-corrected chi connectivity index (χ1v) is 5.45. The Hall–Kier alpha value is -2.37. The van der Waals surface area contributed by atoms with Crippen molar-refractivity contribution in [3.05, 3.63) is 23.8 Å². The van der Waals surface area contributed by atoms with Crippen molar-refractivity contribution in [1.82, 2.24) is 10.3 Å². The fraction of sp³-hybridized carbons (Fsp3) is 0.250. The van der Waals surface area contributed by atoms with E-state index >= 15 is 0 Å². The van der Waals surface area contributed by atoms with Gasteiger partial charge >= 0.3 is 0 Å². The molecule has 1 aromatic heterocycles. The number of primary amides is 1. The van der Waals surface area contributed by atoms with E-state index in [1.54, 1.807) is 18.2 Å². The molecular weight excluding hydrogens is 234 g/mol. The van der Waals surface area contributed by atoms with Crippen LogP contribution in [0.5, 0.6) is 5.75 Å². The number of carbonyl (C=O) groups excluding carboxylic acids is 1. The fourth-order valence-electron chi connectivity index (χ4n) is 2.05. The van der Waals surface area contributed by atoms with E-state index < -0.39 is 11.5 Å². The molecule has 1 aliphatic heterocycles. The number of carbonyl (C=O) groups is 1. The zero-order valence-electron chi connectivity index (χ0n) is 9.93. The molecule has 6 nitrogen and oxygen atoms in total. The Morgan fingerprint density at radius 3 is 2.61 bits per heavy atom. The molecule has 0 atom stereocenters. The maximum absolute atomic E-state index is 11.5. The number of ether oxygens (including phenoxy) is 1. The lowest BCUT2D eigenvalue weighted by atomic mass is 9.94. The van der Waals surface area contributed by atoms with Gasteiger partial charge in [-0.05, 0) is 36.3 Å². The molecule has 2 aromatic rings. The SMILES string of the molecule is CC1(C)C=C(C(N)=O)c2cc3nonc3cc2O1. The average Bonchev–Trinajstić information content (AvgIpc) is 2.70. The third-order valence-corrected chi connectivity index (χ3v) is 2.78. The van der Waals surface area contributed by atoms with Crippen molar-refractivity contribution in [3.63, 3.8) is 0 Å². The molecule has 0 radical (unpaired) electrons. The lowest BCUT2D eigenvalue weighted by Crippen LogP contribution is -2.31. The summed E-state index contributed by atoms with van der Waals surface area (Å²) in [6, 6.07) is 3.38. The van der Waals surface area contributed by atoms with Crippen LogP contribution in [0.4, 0.5) is 0 Å². The summed E-state index contributed by atoms with van der Waals surface area (Å²) in [5.41, 5.74) is 6.98. The van der Waals surface area contributed by atoms with E-state index in [0.29, 0.717) is 27.9 Å². The van der Waals surface area contributed by atoms with Gasteiger partial charge < -0.3 is 10.5 Å². The fourth-order valence-corrected chi connectivity index (χ4v) is 2.05. The second-order valence-corrected chi connectivity index (χ2v) is 4.73. The lowest BCUT2D eigenvalue weighted by Gasteiger charge is -2.30. The topological polar surface area (TPSA) is 91.2 Å². The van der Waals surface area contributed by atoms with Gasteiger partial charge in [0.1, 0.15) is 22.4 Å². The van der Waals surface area contributed by atoms with Crippen LogP contribution < -0.4 is 10.5 Å². The number of fused-ring (bicyclic) bond motifs is 2. The van der Waals surface area contributed by atoms with E-state index in [4.69, 9.17) is 10.5 Å². The van der Waals surface area contributed by atoms with Crippen LogP contribution >= 0.6 is 0 Å². The van der Waals surface area contributed by atoms with Crippen molar-refractivity contribution in [1.29, 1.82) is 0 Å². The molecule has 3 rings (SSSR count). The van der Waals surface area contributed by atoms with Crippen molar-refractivity contribution in [2.75, 3.05) is 0 Å². The summed E-state index contributed by atoms with van der Waals surface area (Å²) >= 11 is 0. The Morgan fingerprint density at radius 2 is 1.94 bits per heavy atom. The van der Waals surface area contributed by atoms with Crippen LogP contribution in [0.1, 0.15) is 19.4 Å². The van der Waals surface area contributed by atoms with E-state index in [0.717, 1.165) is 0 Å². The zero-order valence-corrected chi connectivity index (χ0v) is 9.93. The average molecular weight is 245 g/mol. The molecule has 0 unspecified atom stereocenters. The Kier molecular flexibility index (Phi) is 1.98. The number of nitrogens with two attached hydrogens (primary N) is 1. The summed E-state index contributed by atoms with van der Waals surface area (Å²) in [6.07, 6.45) is 1.71. The molecule has 0 bridgehead atoms.